The van der Waals surface area contributed by atoms with E-state index in [2.05, 4.69) is 44.9 Å². The quantitative estimate of drug-likeness (QED) is 0.223. The number of thiocarbonyl (C=S) groups is 2. The van der Waals surface area contributed by atoms with E-state index in [1.807, 2.05) is 37.3 Å². The van der Waals surface area contributed by atoms with Gasteiger partial charge in [-0.25, -0.2) is 9.97 Å². The van der Waals surface area contributed by atoms with Gasteiger partial charge in [0.2, 0.25) is 0 Å². The van der Waals surface area contributed by atoms with Crippen LogP contribution in [-0.2, 0) is 0 Å². The summed E-state index contributed by atoms with van der Waals surface area (Å²) >= 11 is 24.7. The van der Waals surface area contributed by atoms with Crippen LogP contribution in [0.2, 0.25) is 10.3 Å². The predicted octanol–water partition coefficient (Wildman–Crippen LogP) is 6.38. The summed E-state index contributed by atoms with van der Waals surface area (Å²) in [5.41, 5.74) is 5.66. The fourth-order valence-electron chi connectivity index (χ4n) is 4.28. The predicted molar refractivity (Wildman–Crippen MR) is 150 cm³/mol. The van der Waals surface area contributed by atoms with Crippen LogP contribution in [-0.4, -0.2) is 55.9 Å². The van der Waals surface area contributed by atoms with E-state index >= 15 is 0 Å². The van der Waals surface area contributed by atoms with Crippen molar-refractivity contribution < 1.29 is 0 Å². The molecule has 0 amide bonds. The third kappa shape index (κ3) is 4.48. The Kier molecular flexibility index (Phi) is 6.42. The number of aryl methyl sites for hydroxylation is 2. The zero-order valence-electron chi connectivity index (χ0n) is 18.8. The molecule has 0 unspecified atom stereocenters. The van der Waals surface area contributed by atoms with Crippen LogP contribution in [0.1, 0.15) is 22.3 Å². The summed E-state index contributed by atoms with van der Waals surface area (Å²) in [5.74, 6) is 0. The Morgan fingerprint density at radius 1 is 0.676 bits per heavy atom. The van der Waals surface area contributed by atoms with Crippen molar-refractivity contribution in [3.8, 4) is 0 Å². The standard InChI is InChI=1S/C26H22Cl2N4S2/c1-15-4-6-21-18(11-15)14-20(23(27)29-21)26(34)32-9-7-31(8-10-32)25(33)19-13-17-5-3-16(2)12-22(17)30-24(19)28/h3-6,11-14H,7-10H2,1-2H3. The number of hydrogen-bond acceptors (Lipinski definition) is 4. The molecule has 1 fully saturated rings. The van der Waals surface area contributed by atoms with Crippen molar-refractivity contribution in [1.82, 2.24) is 19.8 Å². The summed E-state index contributed by atoms with van der Waals surface area (Å²) in [4.78, 5) is 14.9. The molecular formula is C26H22Cl2N4S2. The Morgan fingerprint density at radius 2 is 1.18 bits per heavy atom. The largest absolute Gasteiger partial charge is 0.359 e. The van der Waals surface area contributed by atoms with Crippen LogP contribution in [0.25, 0.3) is 21.8 Å². The first-order chi connectivity index (χ1) is 16.3. The van der Waals surface area contributed by atoms with Gasteiger partial charge in [0, 0.05) is 48.1 Å². The normalized spacial score (nSPS) is 14.1. The SMILES string of the molecule is Cc1ccc2nc(Cl)c(C(=S)N3CCN(C(=S)c4cc5ccc(C)cc5nc4Cl)CC3)cc2c1. The summed E-state index contributed by atoms with van der Waals surface area (Å²) in [6.07, 6.45) is 0. The van der Waals surface area contributed by atoms with E-state index in [4.69, 9.17) is 47.6 Å². The molecule has 5 rings (SSSR count). The van der Waals surface area contributed by atoms with Crippen molar-refractivity contribution in [2.45, 2.75) is 13.8 Å². The first-order valence-corrected chi connectivity index (χ1v) is 12.6. The van der Waals surface area contributed by atoms with Gasteiger partial charge in [-0.2, -0.15) is 0 Å². The number of halogens is 2. The highest BCUT2D eigenvalue weighted by atomic mass is 35.5. The molecule has 172 valence electrons. The van der Waals surface area contributed by atoms with Crippen LogP contribution < -0.4 is 0 Å². The number of pyridine rings is 2. The Balaban J connectivity index is 1.32. The number of rotatable bonds is 2. The molecule has 0 bridgehead atoms. The van der Waals surface area contributed by atoms with Gasteiger partial charge in [-0.3, -0.25) is 0 Å². The van der Waals surface area contributed by atoms with Gasteiger partial charge in [-0.15, -0.1) is 0 Å². The van der Waals surface area contributed by atoms with Crippen molar-refractivity contribution in [2.75, 3.05) is 26.2 Å². The molecule has 1 saturated heterocycles. The highest BCUT2D eigenvalue weighted by Gasteiger charge is 2.25. The van der Waals surface area contributed by atoms with Crippen molar-refractivity contribution in [1.29, 1.82) is 0 Å². The lowest BCUT2D eigenvalue weighted by Gasteiger charge is -2.37. The van der Waals surface area contributed by atoms with Crippen molar-refractivity contribution in [3.05, 3.63) is 81.1 Å². The van der Waals surface area contributed by atoms with E-state index in [0.717, 1.165) is 64.7 Å². The van der Waals surface area contributed by atoms with Crippen molar-refractivity contribution in [2.24, 2.45) is 0 Å². The monoisotopic (exact) mass is 524 g/mol. The number of piperazine rings is 1. The molecule has 0 N–H and O–H groups in total. The molecule has 2 aromatic heterocycles. The average Bonchev–Trinajstić information content (AvgIpc) is 2.82. The lowest BCUT2D eigenvalue weighted by molar-refractivity contribution is 0.265. The van der Waals surface area contributed by atoms with Gasteiger partial charge in [-0.05, 0) is 49.7 Å². The van der Waals surface area contributed by atoms with E-state index in [0.29, 0.717) is 20.3 Å². The molecule has 1 aliphatic rings. The van der Waals surface area contributed by atoms with E-state index in [1.54, 1.807) is 0 Å². The summed E-state index contributed by atoms with van der Waals surface area (Å²) in [5, 5.41) is 2.94. The third-order valence-electron chi connectivity index (χ3n) is 6.17. The van der Waals surface area contributed by atoms with Gasteiger partial charge >= 0.3 is 0 Å². The highest BCUT2D eigenvalue weighted by molar-refractivity contribution is 7.81. The van der Waals surface area contributed by atoms with E-state index in [1.165, 1.54) is 5.56 Å². The van der Waals surface area contributed by atoms with Crippen LogP contribution in [0.4, 0.5) is 0 Å². The Hall–Kier alpha value is -2.38. The summed E-state index contributed by atoms with van der Waals surface area (Å²) < 4.78 is 0. The lowest BCUT2D eigenvalue weighted by Crippen LogP contribution is -2.50. The maximum atomic E-state index is 6.53. The minimum atomic E-state index is 0.434. The maximum Gasteiger partial charge on any atom is 0.139 e. The summed E-state index contributed by atoms with van der Waals surface area (Å²) in [6, 6.07) is 16.3. The Bertz CT molecular complexity index is 1460. The molecule has 4 aromatic rings. The summed E-state index contributed by atoms with van der Waals surface area (Å²) in [7, 11) is 0. The first kappa shape index (κ1) is 23.4. The van der Waals surface area contributed by atoms with E-state index < -0.39 is 0 Å². The Morgan fingerprint density at radius 3 is 1.79 bits per heavy atom. The molecule has 2 aromatic carbocycles. The lowest BCUT2D eigenvalue weighted by atomic mass is 10.1. The molecule has 0 spiro atoms. The third-order valence-corrected chi connectivity index (χ3v) is 7.70. The minimum Gasteiger partial charge on any atom is -0.359 e. The fourth-order valence-corrected chi connectivity index (χ4v) is 5.54. The second kappa shape index (κ2) is 9.34. The highest BCUT2D eigenvalue weighted by Crippen LogP contribution is 2.26. The number of aromatic nitrogens is 2. The van der Waals surface area contributed by atoms with Gasteiger partial charge in [0.25, 0.3) is 0 Å². The first-order valence-electron chi connectivity index (χ1n) is 11.0. The molecular weight excluding hydrogens is 503 g/mol. The van der Waals surface area contributed by atoms with Crippen LogP contribution in [0.15, 0.2) is 48.5 Å². The zero-order valence-corrected chi connectivity index (χ0v) is 22.0. The van der Waals surface area contributed by atoms with E-state index in [9.17, 15) is 0 Å². The Labute approximate surface area is 219 Å². The van der Waals surface area contributed by atoms with Gasteiger partial charge in [0.15, 0.2) is 0 Å². The molecule has 1 aliphatic heterocycles. The van der Waals surface area contributed by atoms with Crippen LogP contribution >= 0.6 is 47.6 Å². The number of fused-ring (bicyclic) bond motifs is 2. The van der Waals surface area contributed by atoms with Crippen molar-refractivity contribution >= 4 is 79.4 Å². The fraction of sp³-hybridized carbons (Fsp3) is 0.231. The second-order valence-electron chi connectivity index (χ2n) is 8.63. The molecule has 0 saturated carbocycles. The zero-order chi connectivity index (χ0) is 24.0. The molecule has 0 radical (unpaired) electrons. The topological polar surface area (TPSA) is 32.3 Å². The molecule has 3 heterocycles. The van der Waals surface area contributed by atoms with Crippen molar-refractivity contribution in [3.63, 3.8) is 0 Å². The number of benzene rings is 2. The molecule has 34 heavy (non-hydrogen) atoms. The number of nitrogens with zero attached hydrogens (tertiary/aromatic N) is 4. The molecule has 0 atom stereocenters. The van der Waals surface area contributed by atoms with Gasteiger partial charge in [0.1, 0.15) is 20.3 Å². The van der Waals surface area contributed by atoms with E-state index in [-0.39, 0.29) is 0 Å². The van der Waals surface area contributed by atoms with Crippen LogP contribution in [0.3, 0.4) is 0 Å². The maximum absolute atomic E-state index is 6.53. The van der Waals surface area contributed by atoms with Crippen LogP contribution in [0, 0.1) is 13.8 Å². The smallest absolute Gasteiger partial charge is 0.139 e. The van der Waals surface area contributed by atoms with Gasteiger partial charge in [-0.1, -0.05) is 71.4 Å². The molecule has 4 nitrogen and oxygen atoms in total. The second-order valence-corrected chi connectivity index (χ2v) is 10.1. The molecule has 8 heteroatoms. The minimum absolute atomic E-state index is 0.434. The van der Waals surface area contributed by atoms with Gasteiger partial charge < -0.3 is 9.80 Å². The molecule has 0 aliphatic carbocycles. The average molecular weight is 526 g/mol. The van der Waals surface area contributed by atoms with Crippen LogP contribution in [0.5, 0.6) is 0 Å². The van der Waals surface area contributed by atoms with Gasteiger partial charge in [0.05, 0.1) is 11.0 Å². The summed E-state index contributed by atoms with van der Waals surface area (Å²) in [6.45, 7) is 7.04. The number of hydrogen-bond donors (Lipinski definition) is 0.